The van der Waals surface area contributed by atoms with Crippen molar-refractivity contribution in [2.24, 2.45) is 0 Å². The van der Waals surface area contributed by atoms with Gasteiger partial charge in [0.2, 0.25) is 5.91 Å². The number of alkyl halides is 3. The van der Waals surface area contributed by atoms with Crippen LogP contribution >= 0.6 is 11.3 Å². The number of carbonyl (C=O) groups excluding carboxylic acids is 3. The van der Waals surface area contributed by atoms with E-state index < -0.39 is 17.6 Å². The molecular weight excluding hydrogens is 521 g/mol. The predicted molar refractivity (Wildman–Crippen MR) is 137 cm³/mol. The van der Waals surface area contributed by atoms with E-state index in [1.807, 2.05) is 4.90 Å². The van der Waals surface area contributed by atoms with E-state index in [0.29, 0.717) is 31.6 Å². The second-order valence-electron chi connectivity index (χ2n) is 9.41. The number of hydrogen-bond donors (Lipinski definition) is 1. The van der Waals surface area contributed by atoms with Gasteiger partial charge in [-0.3, -0.25) is 14.4 Å². The number of likely N-dealkylation sites (tertiary alicyclic amines) is 1. The molecule has 1 aromatic heterocycles. The van der Waals surface area contributed by atoms with Crippen molar-refractivity contribution in [2.45, 2.75) is 57.5 Å². The maximum absolute atomic E-state index is 13.4. The molecule has 2 aliphatic rings. The summed E-state index contributed by atoms with van der Waals surface area (Å²) in [4.78, 5) is 45.1. The zero-order valence-electron chi connectivity index (χ0n) is 21.2. The van der Waals surface area contributed by atoms with Crippen molar-refractivity contribution >= 4 is 40.5 Å². The normalized spacial score (nSPS) is 16.5. The first-order valence-electron chi connectivity index (χ1n) is 12.8. The minimum atomic E-state index is -4.52. The molecule has 2 aromatic rings. The Kier molecular flexibility index (Phi) is 8.91. The predicted octanol–water partition coefficient (Wildman–Crippen LogP) is 5.06. The number of aromatic nitrogens is 1. The van der Waals surface area contributed by atoms with Crippen LogP contribution in [0.25, 0.3) is 0 Å². The topological polar surface area (TPSA) is 91.8 Å². The highest BCUT2D eigenvalue weighted by Gasteiger charge is 2.32. The molecule has 0 saturated carbocycles. The number of esters is 1. The summed E-state index contributed by atoms with van der Waals surface area (Å²) in [6.45, 7) is 4.49. The van der Waals surface area contributed by atoms with E-state index in [1.54, 1.807) is 17.2 Å². The van der Waals surface area contributed by atoms with Gasteiger partial charge in [-0.15, -0.1) is 11.3 Å². The number of hydrogen-bond acceptors (Lipinski definition) is 7. The molecule has 0 atom stereocenters. The summed E-state index contributed by atoms with van der Waals surface area (Å²) in [5.74, 6) is -0.962. The van der Waals surface area contributed by atoms with Crippen LogP contribution in [0.15, 0.2) is 23.6 Å². The molecule has 2 saturated heterocycles. The number of amides is 2. The van der Waals surface area contributed by atoms with Crippen LogP contribution in [0, 0.1) is 0 Å². The fourth-order valence-corrected chi connectivity index (χ4v) is 5.76. The Morgan fingerprint density at radius 2 is 1.82 bits per heavy atom. The largest absolute Gasteiger partial charge is 0.466 e. The van der Waals surface area contributed by atoms with Crippen LogP contribution in [0.2, 0.25) is 0 Å². The molecule has 12 heteroatoms. The van der Waals surface area contributed by atoms with Gasteiger partial charge < -0.3 is 19.9 Å². The van der Waals surface area contributed by atoms with Crippen molar-refractivity contribution in [1.29, 1.82) is 0 Å². The first kappa shape index (κ1) is 27.9. The van der Waals surface area contributed by atoms with Crippen LogP contribution in [-0.2, 0) is 20.5 Å². The average Bonchev–Trinajstić information content (AvgIpc) is 3.60. The third-order valence-electron chi connectivity index (χ3n) is 6.82. The number of ether oxygens (including phenoxy) is 1. The first-order chi connectivity index (χ1) is 18.2. The second kappa shape index (κ2) is 12.1. The van der Waals surface area contributed by atoms with Crippen LogP contribution in [0.1, 0.15) is 72.4 Å². The minimum Gasteiger partial charge on any atom is -0.466 e. The molecule has 0 unspecified atom stereocenters. The summed E-state index contributed by atoms with van der Waals surface area (Å²) in [5.41, 5.74) is 0.0243. The molecule has 1 aromatic carbocycles. The van der Waals surface area contributed by atoms with Crippen LogP contribution < -0.4 is 10.2 Å². The van der Waals surface area contributed by atoms with Crippen LogP contribution in [0.4, 0.5) is 24.5 Å². The zero-order valence-corrected chi connectivity index (χ0v) is 22.0. The van der Waals surface area contributed by atoms with Gasteiger partial charge in [0.05, 0.1) is 35.0 Å². The zero-order chi connectivity index (χ0) is 27.3. The van der Waals surface area contributed by atoms with Crippen molar-refractivity contribution in [3.05, 3.63) is 39.8 Å². The molecule has 4 rings (SSSR count). The molecule has 38 heavy (non-hydrogen) atoms. The Balaban J connectivity index is 1.37. The van der Waals surface area contributed by atoms with E-state index in [9.17, 15) is 27.6 Å². The molecule has 8 nitrogen and oxygen atoms in total. The molecule has 0 spiro atoms. The molecule has 0 radical (unpaired) electrons. The van der Waals surface area contributed by atoms with Gasteiger partial charge in [0.1, 0.15) is 5.69 Å². The molecule has 2 fully saturated rings. The molecule has 0 aliphatic carbocycles. The summed E-state index contributed by atoms with van der Waals surface area (Å²) >= 11 is 1.33. The standard InChI is InChI=1S/C26H31F3N4O4S/c1-2-37-23(35)8-7-22(34)33-13-9-17(10-14-33)25-31-20(16-38-25)24(36)30-19-15-18(26(27,28)29)5-6-21(19)32-11-3-4-12-32/h5-6,15-17H,2-4,7-14H2,1H3,(H,30,36). The number of nitrogens with one attached hydrogen (secondary N) is 1. The third-order valence-corrected chi connectivity index (χ3v) is 7.83. The highest BCUT2D eigenvalue weighted by Crippen LogP contribution is 2.37. The minimum absolute atomic E-state index is 0.0584. The number of rotatable bonds is 8. The first-order valence-corrected chi connectivity index (χ1v) is 13.7. The number of thiazole rings is 1. The SMILES string of the molecule is CCOC(=O)CCC(=O)N1CCC(c2nc(C(=O)Nc3cc(C(F)(F)F)ccc3N3CCCC3)cs2)CC1. The van der Waals surface area contributed by atoms with E-state index in [-0.39, 0.29) is 48.6 Å². The van der Waals surface area contributed by atoms with Gasteiger partial charge in [0.15, 0.2) is 0 Å². The lowest BCUT2D eigenvalue weighted by Gasteiger charge is -2.31. The lowest BCUT2D eigenvalue weighted by Crippen LogP contribution is -2.38. The molecule has 2 amide bonds. The number of benzene rings is 1. The Morgan fingerprint density at radius 1 is 1.11 bits per heavy atom. The van der Waals surface area contributed by atoms with E-state index in [0.717, 1.165) is 43.1 Å². The smallest absolute Gasteiger partial charge is 0.416 e. The number of anilines is 2. The van der Waals surface area contributed by atoms with Gasteiger partial charge in [0.25, 0.3) is 5.91 Å². The highest BCUT2D eigenvalue weighted by atomic mass is 32.1. The fourth-order valence-electron chi connectivity index (χ4n) is 4.79. The maximum atomic E-state index is 13.4. The van der Waals surface area contributed by atoms with Crippen LogP contribution in [-0.4, -0.2) is 60.5 Å². The number of carbonyl (C=O) groups is 3. The number of nitrogens with zero attached hydrogens (tertiary/aromatic N) is 3. The van der Waals surface area contributed by atoms with E-state index in [1.165, 1.54) is 17.4 Å². The van der Waals surface area contributed by atoms with Crippen molar-refractivity contribution in [3.8, 4) is 0 Å². The van der Waals surface area contributed by atoms with Gasteiger partial charge in [-0.25, -0.2) is 4.98 Å². The Morgan fingerprint density at radius 3 is 2.47 bits per heavy atom. The van der Waals surface area contributed by atoms with Crippen LogP contribution in [0.5, 0.6) is 0 Å². The molecule has 206 valence electrons. The summed E-state index contributed by atoms with van der Waals surface area (Å²) in [6.07, 6.45) is -1.12. The quantitative estimate of drug-likeness (QED) is 0.460. The summed E-state index contributed by atoms with van der Waals surface area (Å²) in [6, 6.07) is 3.43. The Hall–Kier alpha value is -3.15. The molecule has 3 heterocycles. The molecule has 1 N–H and O–H groups in total. The number of halogens is 3. The summed E-state index contributed by atoms with van der Waals surface area (Å²) < 4.78 is 44.9. The van der Waals surface area contributed by atoms with Crippen LogP contribution in [0.3, 0.4) is 0 Å². The van der Waals surface area contributed by atoms with Gasteiger partial charge in [-0.2, -0.15) is 13.2 Å². The van der Waals surface area contributed by atoms with Crippen molar-refractivity contribution in [1.82, 2.24) is 9.88 Å². The van der Waals surface area contributed by atoms with Gasteiger partial charge in [0, 0.05) is 43.9 Å². The Labute approximate surface area is 223 Å². The van der Waals surface area contributed by atoms with Gasteiger partial charge in [-0.1, -0.05) is 0 Å². The molecular formula is C26H31F3N4O4S. The monoisotopic (exact) mass is 552 g/mol. The van der Waals surface area contributed by atoms with Crippen molar-refractivity contribution in [2.75, 3.05) is 43.0 Å². The Bertz CT molecular complexity index is 1160. The van der Waals surface area contributed by atoms with E-state index in [4.69, 9.17) is 4.74 Å². The molecule has 0 bridgehead atoms. The fraction of sp³-hybridized carbons (Fsp3) is 0.538. The van der Waals surface area contributed by atoms with Gasteiger partial charge >= 0.3 is 12.1 Å². The summed E-state index contributed by atoms with van der Waals surface area (Å²) in [5, 5.41) is 5.04. The lowest BCUT2D eigenvalue weighted by atomic mass is 9.97. The maximum Gasteiger partial charge on any atom is 0.416 e. The lowest BCUT2D eigenvalue weighted by molar-refractivity contribution is -0.145. The van der Waals surface area contributed by atoms with E-state index in [2.05, 4.69) is 10.3 Å². The van der Waals surface area contributed by atoms with Crippen molar-refractivity contribution < 1.29 is 32.3 Å². The number of piperidine rings is 1. The molecule has 2 aliphatic heterocycles. The average molecular weight is 553 g/mol. The summed E-state index contributed by atoms with van der Waals surface area (Å²) in [7, 11) is 0. The van der Waals surface area contributed by atoms with Gasteiger partial charge in [-0.05, 0) is 50.8 Å². The van der Waals surface area contributed by atoms with Crippen molar-refractivity contribution in [3.63, 3.8) is 0 Å². The second-order valence-corrected chi connectivity index (χ2v) is 10.3. The van der Waals surface area contributed by atoms with E-state index >= 15 is 0 Å². The highest BCUT2D eigenvalue weighted by molar-refractivity contribution is 7.10. The third kappa shape index (κ3) is 6.83.